The van der Waals surface area contributed by atoms with Crippen LogP contribution in [0.5, 0.6) is 0 Å². The fraction of sp³-hybridized carbons (Fsp3) is 0.364. The second kappa shape index (κ2) is 7.05. The van der Waals surface area contributed by atoms with Gasteiger partial charge in [0, 0.05) is 17.4 Å². The Bertz CT molecular complexity index is 484. The Hall–Kier alpha value is -1.67. The van der Waals surface area contributed by atoms with Crippen LogP contribution in [0.4, 0.5) is 10.1 Å². The molecule has 0 radical (unpaired) electrons. The van der Waals surface area contributed by atoms with Crippen LogP contribution in [0.3, 0.4) is 0 Å². The van der Waals surface area contributed by atoms with Gasteiger partial charge in [-0.2, -0.15) is 11.8 Å². The molecule has 0 heterocycles. The van der Waals surface area contributed by atoms with Gasteiger partial charge in [-0.25, -0.2) is 4.39 Å². The molecule has 1 unspecified atom stereocenters. The van der Waals surface area contributed by atoms with Crippen molar-refractivity contribution in [2.24, 2.45) is 5.73 Å². The van der Waals surface area contributed by atoms with Gasteiger partial charge in [0.2, 0.25) is 0 Å². The summed E-state index contributed by atoms with van der Waals surface area (Å²) in [6, 6.07) is 2.32. The average Bonchev–Trinajstić information content (AvgIpc) is 2.33. The van der Waals surface area contributed by atoms with Crippen molar-refractivity contribution in [3.05, 3.63) is 39.7 Å². The van der Waals surface area contributed by atoms with E-state index >= 15 is 0 Å². The first-order valence-corrected chi connectivity index (χ1v) is 6.56. The summed E-state index contributed by atoms with van der Waals surface area (Å²) in [5.41, 5.74) is 5.45. The molecule has 104 valence electrons. The molecule has 0 spiro atoms. The number of benzene rings is 1. The SMILES string of the molecule is NC(CCSCc1cc(F)ccc1[N+](=O)[O-])C(=O)O. The monoisotopic (exact) mass is 288 g/mol. The Morgan fingerprint density at radius 2 is 2.26 bits per heavy atom. The first kappa shape index (κ1) is 15.4. The maximum atomic E-state index is 13.0. The number of carbonyl (C=O) groups is 1. The maximum absolute atomic E-state index is 13.0. The second-order valence-electron chi connectivity index (χ2n) is 3.82. The van der Waals surface area contributed by atoms with Crippen LogP contribution in [0.2, 0.25) is 0 Å². The highest BCUT2D eigenvalue weighted by Crippen LogP contribution is 2.24. The summed E-state index contributed by atoms with van der Waals surface area (Å²) in [6.07, 6.45) is 0.253. The summed E-state index contributed by atoms with van der Waals surface area (Å²) in [7, 11) is 0. The highest BCUT2D eigenvalue weighted by molar-refractivity contribution is 7.98. The number of nitrogens with two attached hydrogens (primary N) is 1. The standard InChI is InChI=1S/C11H13FN2O4S/c12-8-1-2-10(14(17)18)7(5-8)6-19-4-3-9(13)11(15)16/h1-2,5,9H,3-4,6,13H2,(H,15,16). The van der Waals surface area contributed by atoms with Gasteiger partial charge in [-0.15, -0.1) is 0 Å². The van der Waals surface area contributed by atoms with Crippen LogP contribution in [-0.2, 0) is 10.5 Å². The van der Waals surface area contributed by atoms with E-state index in [1.165, 1.54) is 11.8 Å². The number of nitro groups is 1. The van der Waals surface area contributed by atoms with Crippen molar-refractivity contribution in [1.29, 1.82) is 0 Å². The maximum Gasteiger partial charge on any atom is 0.320 e. The molecule has 3 N–H and O–H groups in total. The highest BCUT2D eigenvalue weighted by Gasteiger charge is 2.15. The van der Waals surface area contributed by atoms with Gasteiger partial charge < -0.3 is 10.8 Å². The third-order valence-electron chi connectivity index (χ3n) is 2.39. The summed E-state index contributed by atoms with van der Waals surface area (Å²) in [5.74, 6) is -0.956. The highest BCUT2D eigenvalue weighted by atomic mass is 32.2. The number of nitrogens with zero attached hydrogens (tertiary/aromatic N) is 1. The molecule has 6 nitrogen and oxygen atoms in total. The van der Waals surface area contributed by atoms with Gasteiger partial charge in [0.15, 0.2) is 0 Å². The number of thioether (sulfide) groups is 1. The quantitative estimate of drug-likeness (QED) is 0.450. The lowest BCUT2D eigenvalue weighted by molar-refractivity contribution is -0.385. The molecule has 0 aliphatic rings. The van der Waals surface area contributed by atoms with Gasteiger partial charge in [0.1, 0.15) is 11.9 Å². The Morgan fingerprint density at radius 1 is 1.58 bits per heavy atom. The van der Waals surface area contributed by atoms with Crippen LogP contribution in [0.25, 0.3) is 0 Å². The van der Waals surface area contributed by atoms with Crippen molar-refractivity contribution in [2.45, 2.75) is 18.2 Å². The first-order chi connectivity index (χ1) is 8.91. The lowest BCUT2D eigenvalue weighted by atomic mass is 10.2. The van der Waals surface area contributed by atoms with Crippen LogP contribution in [0, 0.1) is 15.9 Å². The van der Waals surface area contributed by atoms with Crippen molar-refractivity contribution >= 4 is 23.4 Å². The number of rotatable bonds is 7. The molecular weight excluding hydrogens is 275 g/mol. The molecule has 0 fully saturated rings. The van der Waals surface area contributed by atoms with E-state index in [9.17, 15) is 19.3 Å². The number of nitro benzene ring substituents is 1. The zero-order valence-corrected chi connectivity index (χ0v) is 10.7. The second-order valence-corrected chi connectivity index (χ2v) is 4.92. The van der Waals surface area contributed by atoms with Gasteiger partial charge in [-0.05, 0) is 24.3 Å². The zero-order valence-electron chi connectivity index (χ0n) is 9.91. The number of carboxylic acids is 1. The molecule has 0 saturated heterocycles. The first-order valence-electron chi connectivity index (χ1n) is 5.40. The lowest BCUT2D eigenvalue weighted by Gasteiger charge is -2.06. The molecule has 1 atom stereocenters. The minimum Gasteiger partial charge on any atom is -0.480 e. The largest absolute Gasteiger partial charge is 0.480 e. The number of halogens is 1. The van der Waals surface area contributed by atoms with Crippen molar-refractivity contribution in [3.8, 4) is 0 Å². The molecule has 0 aliphatic carbocycles. The molecule has 19 heavy (non-hydrogen) atoms. The van der Waals surface area contributed by atoms with E-state index in [0.29, 0.717) is 5.75 Å². The normalized spacial score (nSPS) is 12.1. The predicted octanol–water partition coefficient (Wildman–Crippen LogP) is 1.77. The van der Waals surface area contributed by atoms with Crippen molar-refractivity contribution in [1.82, 2.24) is 0 Å². The number of hydrogen-bond acceptors (Lipinski definition) is 5. The van der Waals surface area contributed by atoms with Gasteiger partial charge in [0.25, 0.3) is 5.69 Å². The minimum absolute atomic E-state index is 0.142. The van der Waals surface area contributed by atoms with Gasteiger partial charge in [-0.1, -0.05) is 0 Å². The van der Waals surface area contributed by atoms with Gasteiger partial charge >= 0.3 is 5.97 Å². The number of hydrogen-bond donors (Lipinski definition) is 2. The van der Waals surface area contributed by atoms with Crippen molar-refractivity contribution < 1.29 is 19.2 Å². The fourth-order valence-corrected chi connectivity index (χ4v) is 2.38. The third kappa shape index (κ3) is 4.84. The van der Waals surface area contributed by atoms with Gasteiger partial charge in [-0.3, -0.25) is 14.9 Å². The number of aliphatic carboxylic acids is 1. The van der Waals surface area contributed by atoms with E-state index < -0.39 is 22.8 Å². The Kier molecular flexibility index (Phi) is 5.71. The molecular formula is C11H13FN2O4S. The topological polar surface area (TPSA) is 106 Å². The fourth-order valence-electron chi connectivity index (χ4n) is 1.36. The van der Waals surface area contributed by atoms with Crippen LogP contribution >= 0.6 is 11.8 Å². The third-order valence-corrected chi connectivity index (χ3v) is 3.43. The molecule has 1 aromatic rings. The van der Waals surface area contributed by atoms with E-state index in [4.69, 9.17) is 10.8 Å². The molecule has 1 rings (SSSR count). The summed E-state index contributed by atoms with van der Waals surface area (Å²) < 4.78 is 13.0. The molecule has 8 heteroatoms. The molecule has 0 amide bonds. The molecule has 0 saturated carbocycles. The molecule has 0 aliphatic heterocycles. The zero-order chi connectivity index (χ0) is 14.4. The molecule has 0 bridgehead atoms. The van der Waals surface area contributed by atoms with Crippen LogP contribution < -0.4 is 5.73 Å². The Morgan fingerprint density at radius 3 is 2.84 bits per heavy atom. The number of carboxylic acid groups (broad SMARTS) is 1. The smallest absolute Gasteiger partial charge is 0.320 e. The van der Waals surface area contributed by atoms with E-state index in [0.717, 1.165) is 18.2 Å². The van der Waals surface area contributed by atoms with Crippen molar-refractivity contribution in [3.63, 3.8) is 0 Å². The Labute approximate surface area is 112 Å². The van der Waals surface area contributed by atoms with Crippen LogP contribution in [-0.4, -0.2) is 27.8 Å². The lowest BCUT2D eigenvalue weighted by Crippen LogP contribution is -2.30. The molecule has 0 aromatic heterocycles. The summed E-state index contributed by atoms with van der Waals surface area (Å²) in [4.78, 5) is 20.6. The summed E-state index contributed by atoms with van der Waals surface area (Å²) in [6.45, 7) is 0. The van der Waals surface area contributed by atoms with E-state index in [1.807, 2.05) is 0 Å². The Balaban J connectivity index is 2.55. The van der Waals surface area contributed by atoms with Crippen LogP contribution in [0.1, 0.15) is 12.0 Å². The minimum atomic E-state index is -1.09. The van der Waals surface area contributed by atoms with Crippen LogP contribution in [0.15, 0.2) is 18.2 Å². The average molecular weight is 288 g/mol. The van der Waals surface area contributed by atoms with Crippen molar-refractivity contribution in [2.75, 3.05) is 5.75 Å². The molecule has 1 aromatic carbocycles. The summed E-state index contributed by atoms with van der Waals surface area (Å²) in [5, 5.41) is 19.3. The van der Waals surface area contributed by atoms with E-state index in [2.05, 4.69) is 0 Å². The van der Waals surface area contributed by atoms with E-state index in [-0.39, 0.29) is 23.4 Å². The predicted molar refractivity (Wildman–Crippen MR) is 69.4 cm³/mol. The van der Waals surface area contributed by atoms with Gasteiger partial charge in [0.05, 0.1) is 4.92 Å². The summed E-state index contributed by atoms with van der Waals surface area (Å²) >= 11 is 1.28. The van der Waals surface area contributed by atoms with E-state index in [1.54, 1.807) is 0 Å².